The van der Waals surface area contributed by atoms with E-state index < -0.39 is 0 Å². The highest BCUT2D eigenvalue weighted by atomic mass is 15.0. The number of rotatable bonds is 3. The van der Waals surface area contributed by atoms with Gasteiger partial charge in [0.25, 0.3) is 0 Å². The van der Waals surface area contributed by atoms with E-state index in [0.717, 1.165) is 35.7 Å². The molecular weight excluding hydrogens is 210 g/mol. The number of nitrogens with zero attached hydrogens (tertiary/aromatic N) is 2. The van der Waals surface area contributed by atoms with Crippen molar-refractivity contribution in [2.45, 2.75) is 46.5 Å². The lowest BCUT2D eigenvalue weighted by Gasteiger charge is -2.29. The minimum absolute atomic E-state index is 0.805. The minimum atomic E-state index is 0.805. The fraction of sp³-hybridized carbons (Fsp3) is 0.714. The van der Waals surface area contributed by atoms with Gasteiger partial charge in [0.05, 0.1) is 0 Å². The van der Waals surface area contributed by atoms with Crippen LogP contribution in [-0.2, 0) is 0 Å². The molecule has 1 saturated carbocycles. The van der Waals surface area contributed by atoms with E-state index in [1.165, 1.54) is 25.7 Å². The van der Waals surface area contributed by atoms with Crippen LogP contribution in [-0.4, -0.2) is 16.5 Å². The second-order valence-corrected chi connectivity index (χ2v) is 5.34. The van der Waals surface area contributed by atoms with Gasteiger partial charge in [0, 0.05) is 18.3 Å². The van der Waals surface area contributed by atoms with Crippen molar-refractivity contribution in [3.05, 3.63) is 17.6 Å². The van der Waals surface area contributed by atoms with Crippen LogP contribution in [0, 0.1) is 25.7 Å². The summed E-state index contributed by atoms with van der Waals surface area (Å²) in [4.78, 5) is 8.71. The molecule has 1 aliphatic carbocycles. The van der Waals surface area contributed by atoms with Crippen LogP contribution in [0.3, 0.4) is 0 Å². The smallest absolute Gasteiger partial charge is 0.129 e. The van der Waals surface area contributed by atoms with Crippen molar-refractivity contribution < 1.29 is 0 Å². The minimum Gasteiger partial charge on any atom is -0.370 e. The molecule has 1 aromatic rings. The molecule has 2 rings (SSSR count). The summed E-state index contributed by atoms with van der Waals surface area (Å²) in [5, 5.41) is 3.48. The molecule has 0 aromatic carbocycles. The predicted octanol–water partition coefficient (Wildman–Crippen LogP) is 3.33. The Kier molecular flexibility index (Phi) is 3.97. The van der Waals surface area contributed by atoms with E-state index in [1.807, 2.05) is 19.9 Å². The predicted molar refractivity (Wildman–Crippen MR) is 71.1 cm³/mol. The van der Waals surface area contributed by atoms with Crippen molar-refractivity contribution in [1.29, 1.82) is 0 Å². The van der Waals surface area contributed by atoms with Crippen molar-refractivity contribution in [1.82, 2.24) is 9.97 Å². The third-order valence-electron chi connectivity index (χ3n) is 3.80. The Bertz CT molecular complexity index is 355. The van der Waals surface area contributed by atoms with E-state index in [4.69, 9.17) is 0 Å². The number of aryl methyl sites for hydroxylation is 2. The zero-order valence-corrected chi connectivity index (χ0v) is 11.2. The summed E-state index contributed by atoms with van der Waals surface area (Å²) in [5.41, 5.74) is 1.04. The van der Waals surface area contributed by atoms with Crippen molar-refractivity contribution in [3.63, 3.8) is 0 Å². The molecular formula is C14H23N3. The Hall–Kier alpha value is -1.12. The first-order valence-corrected chi connectivity index (χ1v) is 6.71. The Morgan fingerprint density at radius 3 is 2.71 bits per heavy atom. The summed E-state index contributed by atoms with van der Waals surface area (Å²) in [6, 6.07) is 2.03. The van der Waals surface area contributed by atoms with Crippen LogP contribution in [0.1, 0.15) is 44.1 Å². The largest absolute Gasteiger partial charge is 0.370 e. The van der Waals surface area contributed by atoms with E-state index in [0.29, 0.717) is 0 Å². The molecule has 1 N–H and O–H groups in total. The lowest BCUT2D eigenvalue weighted by molar-refractivity contribution is 0.268. The average molecular weight is 233 g/mol. The lowest BCUT2D eigenvalue weighted by Crippen LogP contribution is -2.24. The first-order valence-electron chi connectivity index (χ1n) is 6.71. The second-order valence-electron chi connectivity index (χ2n) is 5.34. The molecule has 17 heavy (non-hydrogen) atoms. The van der Waals surface area contributed by atoms with Gasteiger partial charge in [0.2, 0.25) is 0 Å². The van der Waals surface area contributed by atoms with Gasteiger partial charge in [-0.25, -0.2) is 9.97 Å². The van der Waals surface area contributed by atoms with Crippen molar-refractivity contribution in [2.75, 3.05) is 11.9 Å². The zero-order valence-electron chi connectivity index (χ0n) is 11.2. The molecule has 0 aliphatic heterocycles. The van der Waals surface area contributed by atoms with Crippen LogP contribution in [0.25, 0.3) is 0 Å². The molecule has 94 valence electrons. The van der Waals surface area contributed by atoms with Crippen LogP contribution in [0.4, 0.5) is 5.82 Å². The van der Waals surface area contributed by atoms with Crippen LogP contribution in [0.5, 0.6) is 0 Å². The molecule has 0 radical (unpaired) electrons. The van der Waals surface area contributed by atoms with Gasteiger partial charge in [-0.15, -0.1) is 0 Å². The molecule has 1 aromatic heterocycles. The topological polar surface area (TPSA) is 37.8 Å². The van der Waals surface area contributed by atoms with Gasteiger partial charge < -0.3 is 5.32 Å². The highest BCUT2D eigenvalue weighted by Crippen LogP contribution is 2.29. The maximum Gasteiger partial charge on any atom is 0.129 e. The molecule has 0 amide bonds. The Morgan fingerprint density at radius 1 is 1.24 bits per heavy atom. The highest BCUT2D eigenvalue weighted by Gasteiger charge is 2.20. The van der Waals surface area contributed by atoms with Gasteiger partial charge in [-0.2, -0.15) is 0 Å². The number of aromatic nitrogens is 2. The monoisotopic (exact) mass is 233 g/mol. The van der Waals surface area contributed by atoms with Crippen molar-refractivity contribution >= 4 is 5.82 Å². The summed E-state index contributed by atoms with van der Waals surface area (Å²) in [6.07, 6.45) is 5.54. The van der Waals surface area contributed by atoms with Crippen LogP contribution >= 0.6 is 0 Å². The average Bonchev–Trinajstić information content (AvgIpc) is 2.27. The van der Waals surface area contributed by atoms with E-state index in [-0.39, 0.29) is 0 Å². The molecule has 2 atom stereocenters. The SMILES string of the molecule is Cc1cc(NCC2CCCCC2C)nc(C)n1. The van der Waals surface area contributed by atoms with Crippen LogP contribution in [0.2, 0.25) is 0 Å². The van der Waals surface area contributed by atoms with Gasteiger partial charge in [0.15, 0.2) is 0 Å². The van der Waals surface area contributed by atoms with Gasteiger partial charge in [-0.05, 0) is 32.1 Å². The summed E-state index contributed by atoms with van der Waals surface area (Å²) in [5.74, 6) is 3.48. The van der Waals surface area contributed by atoms with Gasteiger partial charge in [0.1, 0.15) is 11.6 Å². The molecule has 0 bridgehead atoms. The summed E-state index contributed by atoms with van der Waals surface area (Å²) in [6.45, 7) is 7.39. The summed E-state index contributed by atoms with van der Waals surface area (Å²) < 4.78 is 0. The maximum absolute atomic E-state index is 4.42. The molecule has 1 fully saturated rings. The zero-order chi connectivity index (χ0) is 12.3. The van der Waals surface area contributed by atoms with E-state index in [9.17, 15) is 0 Å². The van der Waals surface area contributed by atoms with Crippen molar-refractivity contribution in [2.24, 2.45) is 11.8 Å². The van der Waals surface area contributed by atoms with Gasteiger partial charge in [-0.1, -0.05) is 26.2 Å². The summed E-state index contributed by atoms with van der Waals surface area (Å²) >= 11 is 0. The Morgan fingerprint density at radius 2 is 2.00 bits per heavy atom. The number of nitrogens with one attached hydrogen (secondary N) is 1. The first kappa shape index (κ1) is 12.3. The Balaban J connectivity index is 1.92. The van der Waals surface area contributed by atoms with E-state index in [2.05, 4.69) is 22.2 Å². The third-order valence-corrected chi connectivity index (χ3v) is 3.80. The van der Waals surface area contributed by atoms with E-state index in [1.54, 1.807) is 0 Å². The fourth-order valence-corrected chi connectivity index (χ4v) is 2.74. The molecule has 0 spiro atoms. The van der Waals surface area contributed by atoms with Gasteiger partial charge in [-0.3, -0.25) is 0 Å². The molecule has 2 unspecified atom stereocenters. The van der Waals surface area contributed by atoms with E-state index >= 15 is 0 Å². The normalized spacial score (nSPS) is 24.6. The molecule has 1 heterocycles. The third kappa shape index (κ3) is 3.42. The standard InChI is InChI=1S/C14H23N3/c1-10-6-4-5-7-13(10)9-15-14-8-11(2)16-12(3)17-14/h8,10,13H,4-7,9H2,1-3H3,(H,15,16,17). The quantitative estimate of drug-likeness (QED) is 0.870. The maximum atomic E-state index is 4.42. The molecule has 0 saturated heterocycles. The number of hydrogen-bond donors (Lipinski definition) is 1. The van der Waals surface area contributed by atoms with Crippen LogP contribution in [0.15, 0.2) is 6.07 Å². The first-order chi connectivity index (χ1) is 8.15. The summed E-state index contributed by atoms with van der Waals surface area (Å²) in [7, 11) is 0. The molecule has 1 aliphatic rings. The van der Waals surface area contributed by atoms with Crippen LogP contribution < -0.4 is 5.32 Å². The second kappa shape index (κ2) is 5.48. The Labute approximate surface area is 104 Å². The van der Waals surface area contributed by atoms with Crippen molar-refractivity contribution in [3.8, 4) is 0 Å². The molecule has 3 nitrogen and oxygen atoms in total. The molecule has 3 heteroatoms. The number of hydrogen-bond acceptors (Lipinski definition) is 3. The number of anilines is 1. The van der Waals surface area contributed by atoms with Gasteiger partial charge >= 0.3 is 0 Å². The lowest BCUT2D eigenvalue weighted by atomic mass is 9.80. The highest BCUT2D eigenvalue weighted by molar-refractivity contribution is 5.35. The fourth-order valence-electron chi connectivity index (χ4n) is 2.74.